The number of amides is 1. The SMILES string of the molecule is Cc1ccccc1[CH]C(=O)Nc1ccccc1. The Morgan fingerprint density at radius 2 is 1.65 bits per heavy atom. The number of anilines is 1. The van der Waals surface area contributed by atoms with Crippen molar-refractivity contribution in [3.63, 3.8) is 0 Å². The molecule has 0 unspecified atom stereocenters. The van der Waals surface area contributed by atoms with E-state index >= 15 is 0 Å². The van der Waals surface area contributed by atoms with Crippen LogP contribution >= 0.6 is 0 Å². The maximum Gasteiger partial charge on any atom is 0.233 e. The lowest BCUT2D eigenvalue weighted by Gasteiger charge is -2.06. The Morgan fingerprint density at radius 1 is 1.00 bits per heavy atom. The van der Waals surface area contributed by atoms with Gasteiger partial charge in [0.2, 0.25) is 5.91 Å². The van der Waals surface area contributed by atoms with E-state index in [1.165, 1.54) is 0 Å². The minimum absolute atomic E-state index is 0.106. The smallest absolute Gasteiger partial charge is 0.233 e. The average Bonchev–Trinajstić information content (AvgIpc) is 2.33. The molecule has 85 valence electrons. The molecule has 2 nitrogen and oxygen atoms in total. The maximum atomic E-state index is 11.8. The van der Waals surface area contributed by atoms with E-state index in [1.54, 1.807) is 6.42 Å². The number of hydrogen-bond acceptors (Lipinski definition) is 1. The number of rotatable bonds is 3. The molecule has 2 aromatic rings. The summed E-state index contributed by atoms with van der Waals surface area (Å²) in [6, 6.07) is 17.2. The third-order valence-corrected chi connectivity index (χ3v) is 2.52. The molecular weight excluding hydrogens is 210 g/mol. The number of para-hydroxylation sites is 1. The van der Waals surface area contributed by atoms with Crippen molar-refractivity contribution in [3.8, 4) is 0 Å². The van der Waals surface area contributed by atoms with Gasteiger partial charge in [-0.25, -0.2) is 0 Å². The van der Waals surface area contributed by atoms with Crippen LogP contribution in [0.5, 0.6) is 0 Å². The zero-order valence-electron chi connectivity index (χ0n) is 9.68. The molecule has 0 spiro atoms. The molecule has 1 amide bonds. The van der Waals surface area contributed by atoms with Gasteiger partial charge in [-0.2, -0.15) is 0 Å². The van der Waals surface area contributed by atoms with E-state index in [0.717, 1.165) is 16.8 Å². The Morgan fingerprint density at radius 3 is 2.35 bits per heavy atom. The quantitative estimate of drug-likeness (QED) is 0.852. The van der Waals surface area contributed by atoms with Gasteiger partial charge in [0, 0.05) is 5.69 Å². The lowest BCUT2D eigenvalue weighted by atomic mass is 10.1. The van der Waals surface area contributed by atoms with E-state index in [1.807, 2.05) is 61.5 Å². The van der Waals surface area contributed by atoms with Gasteiger partial charge in [-0.3, -0.25) is 4.79 Å². The van der Waals surface area contributed by atoms with Crippen LogP contribution in [0.2, 0.25) is 0 Å². The molecule has 0 aromatic heterocycles. The van der Waals surface area contributed by atoms with Crippen LogP contribution < -0.4 is 5.32 Å². The molecule has 0 saturated carbocycles. The van der Waals surface area contributed by atoms with Gasteiger partial charge in [-0.1, -0.05) is 42.5 Å². The number of benzene rings is 2. The highest BCUT2D eigenvalue weighted by atomic mass is 16.1. The van der Waals surface area contributed by atoms with Crippen LogP contribution in [0.1, 0.15) is 11.1 Å². The molecular formula is C15H14NO. The van der Waals surface area contributed by atoms with Gasteiger partial charge in [0.15, 0.2) is 0 Å². The van der Waals surface area contributed by atoms with Crippen molar-refractivity contribution < 1.29 is 4.79 Å². The number of carbonyl (C=O) groups excluding carboxylic acids is 1. The number of nitrogens with one attached hydrogen (secondary N) is 1. The second-order valence-corrected chi connectivity index (χ2v) is 3.86. The van der Waals surface area contributed by atoms with Gasteiger partial charge in [0.25, 0.3) is 0 Å². The van der Waals surface area contributed by atoms with E-state index in [-0.39, 0.29) is 5.91 Å². The largest absolute Gasteiger partial charge is 0.326 e. The summed E-state index contributed by atoms with van der Waals surface area (Å²) in [5.41, 5.74) is 2.85. The second kappa shape index (κ2) is 5.30. The van der Waals surface area contributed by atoms with Gasteiger partial charge >= 0.3 is 0 Å². The topological polar surface area (TPSA) is 29.1 Å². The van der Waals surface area contributed by atoms with Crippen molar-refractivity contribution in [2.45, 2.75) is 6.92 Å². The first-order valence-corrected chi connectivity index (χ1v) is 5.52. The van der Waals surface area contributed by atoms with Crippen molar-refractivity contribution in [1.29, 1.82) is 0 Å². The third kappa shape index (κ3) is 3.18. The van der Waals surface area contributed by atoms with Crippen LogP contribution in [-0.2, 0) is 4.79 Å². The van der Waals surface area contributed by atoms with E-state index in [0.29, 0.717) is 0 Å². The predicted octanol–water partition coefficient (Wildman–Crippen LogP) is 3.19. The summed E-state index contributed by atoms with van der Waals surface area (Å²) in [6.07, 6.45) is 1.61. The van der Waals surface area contributed by atoms with Crippen LogP contribution in [0, 0.1) is 13.3 Å². The molecule has 2 rings (SSSR count). The van der Waals surface area contributed by atoms with E-state index in [9.17, 15) is 4.79 Å². The Balaban J connectivity index is 2.01. The summed E-state index contributed by atoms with van der Waals surface area (Å²) in [6.45, 7) is 1.99. The predicted molar refractivity (Wildman–Crippen MR) is 69.7 cm³/mol. The summed E-state index contributed by atoms with van der Waals surface area (Å²) in [7, 11) is 0. The third-order valence-electron chi connectivity index (χ3n) is 2.52. The molecule has 0 aliphatic rings. The Labute approximate surface area is 101 Å². The highest BCUT2D eigenvalue weighted by Crippen LogP contribution is 2.11. The first-order valence-electron chi connectivity index (χ1n) is 5.52. The van der Waals surface area contributed by atoms with E-state index < -0.39 is 0 Å². The standard InChI is InChI=1S/C15H14NO/c1-12-7-5-6-8-13(12)11-15(17)16-14-9-3-2-4-10-14/h2-11H,1H3,(H,16,17). The van der Waals surface area contributed by atoms with Gasteiger partial charge < -0.3 is 5.32 Å². The first kappa shape index (κ1) is 11.4. The molecule has 0 aliphatic carbocycles. The molecule has 17 heavy (non-hydrogen) atoms. The minimum atomic E-state index is -0.106. The van der Waals surface area contributed by atoms with Crippen molar-refractivity contribution in [3.05, 3.63) is 72.1 Å². The highest BCUT2D eigenvalue weighted by molar-refractivity contribution is 5.99. The first-order chi connectivity index (χ1) is 8.25. The molecule has 0 bridgehead atoms. The lowest BCUT2D eigenvalue weighted by Crippen LogP contribution is -2.12. The molecule has 0 aliphatic heterocycles. The maximum absolute atomic E-state index is 11.8. The Kier molecular flexibility index (Phi) is 3.55. The number of hydrogen-bond donors (Lipinski definition) is 1. The summed E-state index contributed by atoms with van der Waals surface area (Å²) in [4.78, 5) is 11.8. The molecule has 1 N–H and O–H groups in total. The van der Waals surface area contributed by atoms with Crippen molar-refractivity contribution in [2.75, 3.05) is 5.32 Å². The zero-order valence-corrected chi connectivity index (χ0v) is 9.68. The molecule has 0 heterocycles. The van der Waals surface area contributed by atoms with Gasteiger partial charge in [0.1, 0.15) is 0 Å². The molecule has 0 fully saturated rings. The normalized spacial score (nSPS) is 9.94. The number of carbonyl (C=O) groups is 1. The van der Waals surface area contributed by atoms with Gasteiger partial charge in [-0.15, -0.1) is 0 Å². The lowest BCUT2D eigenvalue weighted by molar-refractivity contribution is -0.112. The monoisotopic (exact) mass is 224 g/mol. The minimum Gasteiger partial charge on any atom is -0.326 e. The van der Waals surface area contributed by atoms with E-state index in [4.69, 9.17) is 0 Å². The van der Waals surface area contributed by atoms with Gasteiger partial charge in [-0.05, 0) is 30.2 Å². The van der Waals surface area contributed by atoms with Crippen LogP contribution in [0.25, 0.3) is 0 Å². The molecule has 2 heteroatoms. The highest BCUT2D eigenvalue weighted by Gasteiger charge is 2.05. The fourth-order valence-electron chi connectivity index (χ4n) is 1.59. The van der Waals surface area contributed by atoms with Crippen molar-refractivity contribution >= 4 is 11.6 Å². The molecule has 2 aromatic carbocycles. The van der Waals surface area contributed by atoms with Crippen LogP contribution in [0.4, 0.5) is 5.69 Å². The molecule has 0 saturated heterocycles. The van der Waals surface area contributed by atoms with Crippen molar-refractivity contribution in [2.24, 2.45) is 0 Å². The second-order valence-electron chi connectivity index (χ2n) is 3.86. The fourth-order valence-corrected chi connectivity index (χ4v) is 1.59. The fraction of sp³-hybridized carbons (Fsp3) is 0.0667. The van der Waals surface area contributed by atoms with Crippen molar-refractivity contribution in [1.82, 2.24) is 0 Å². The molecule has 1 radical (unpaired) electrons. The summed E-state index contributed by atoms with van der Waals surface area (Å²) >= 11 is 0. The Hall–Kier alpha value is -2.09. The Bertz CT molecular complexity index is 505. The number of aryl methyl sites for hydroxylation is 1. The van der Waals surface area contributed by atoms with E-state index in [2.05, 4.69) is 5.32 Å². The summed E-state index contributed by atoms with van der Waals surface area (Å²) in [5, 5.41) is 2.82. The average molecular weight is 224 g/mol. The molecule has 0 atom stereocenters. The summed E-state index contributed by atoms with van der Waals surface area (Å²) in [5.74, 6) is -0.106. The van der Waals surface area contributed by atoms with Crippen LogP contribution in [0.3, 0.4) is 0 Å². The van der Waals surface area contributed by atoms with Crippen LogP contribution in [0.15, 0.2) is 54.6 Å². The van der Waals surface area contributed by atoms with Gasteiger partial charge in [0.05, 0.1) is 6.42 Å². The zero-order chi connectivity index (χ0) is 12.1. The summed E-state index contributed by atoms with van der Waals surface area (Å²) < 4.78 is 0. The van der Waals surface area contributed by atoms with Crippen LogP contribution in [-0.4, -0.2) is 5.91 Å².